The Morgan fingerprint density at radius 1 is 1.20 bits per heavy atom. The predicted molar refractivity (Wildman–Crippen MR) is 81.7 cm³/mol. The maximum Gasteiger partial charge on any atom is 0.160 e. The molecular weight excluding hydrogens is 272 g/mol. The number of hydrogen-bond donors (Lipinski definition) is 1. The minimum absolute atomic E-state index is 0.340. The average molecular weight is 292 g/mol. The fraction of sp³-hybridized carbons (Fsp3) is 0.400. The highest BCUT2D eigenvalue weighted by atomic mass is 32.1. The smallest absolute Gasteiger partial charge is 0.160 e. The van der Waals surface area contributed by atoms with E-state index in [9.17, 15) is 0 Å². The Morgan fingerprint density at radius 2 is 1.90 bits per heavy atom. The second kappa shape index (κ2) is 5.81. The molecule has 20 heavy (non-hydrogen) atoms. The fourth-order valence-corrected chi connectivity index (χ4v) is 2.82. The Labute approximate surface area is 123 Å². The maximum absolute atomic E-state index is 6.08. The lowest BCUT2D eigenvalue weighted by molar-refractivity contribution is 0.354. The molecule has 0 aliphatic heterocycles. The van der Waals surface area contributed by atoms with Crippen molar-refractivity contribution in [2.45, 2.75) is 25.8 Å². The minimum atomic E-state index is -0.340. The second-order valence-electron chi connectivity index (χ2n) is 5.21. The molecule has 2 N–H and O–H groups in total. The third-order valence-electron chi connectivity index (χ3n) is 2.99. The molecule has 1 heterocycles. The van der Waals surface area contributed by atoms with E-state index in [4.69, 9.17) is 15.2 Å². The Morgan fingerprint density at radius 3 is 2.45 bits per heavy atom. The van der Waals surface area contributed by atoms with Crippen molar-refractivity contribution in [2.75, 3.05) is 14.2 Å². The Bertz CT molecular complexity index is 588. The number of benzene rings is 1. The van der Waals surface area contributed by atoms with Gasteiger partial charge in [0.05, 0.1) is 19.2 Å². The Kier molecular flexibility index (Phi) is 4.30. The van der Waals surface area contributed by atoms with Gasteiger partial charge < -0.3 is 15.2 Å². The summed E-state index contributed by atoms with van der Waals surface area (Å²) in [5.74, 6) is 1.47. The predicted octanol–water partition coefficient (Wildman–Crippen LogP) is 2.94. The monoisotopic (exact) mass is 292 g/mol. The van der Waals surface area contributed by atoms with Crippen LogP contribution in [0.1, 0.15) is 29.3 Å². The van der Waals surface area contributed by atoms with E-state index in [1.54, 1.807) is 25.6 Å². The summed E-state index contributed by atoms with van der Waals surface area (Å²) in [4.78, 5) is 5.53. The van der Waals surface area contributed by atoms with Crippen LogP contribution in [0.5, 0.6) is 11.5 Å². The van der Waals surface area contributed by atoms with Crippen LogP contribution in [0.3, 0.4) is 0 Å². The first-order valence-corrected chi connectivity index (χ1v) is 7.20. The number of hydrogen-bond acceptors (Lipinski definition) is 5. The molecule has 0 spiro atoms. The molecule has 0 aliphatic carbocycles. The van der Waals surface area contributed by atoms with Crippen molar-refractivity contribution in [1.29, 1.82) is 0 Å². The Hall–Kier alpha value is -1.59. The van der Waals surface area contributed by atoms with E-state index in [0.29, 0.717) is 0 Å². The molecule has 0 radical (unpaired) electrons. The summed E-state index contributed by atoms with van der Waals surface area (Å²) in [5, 5.41) is 1.05. The molecule has 108 valence electrons. The van der Waals surface area contributed by atoms with Crippen molar-refractivity contribution in [2.24, 2.45) is 5.73 Å². The molecule has 0 aliphatic rings. The summed E-state index contributed by atoms with van der Waals surface area (Å²) in [6, 6.07) is 5.92. The van der Waals surface area contributed by atoms with Crippen LogP contribution in [0.25, 0.3) is 0 Å². The van der Waals surface area contributed by atoms with Crippen molar-refractivity contribution >= 4 is 11.3 Å². The zero-order valence-corrected chi connectivity index (χ0v) is 13.1. The van der Waals surface area contributed by atoms with E-state index in [2.05, 4.69) is 4.98 Å². The molecule has 0 unspecified atom stereocenters. The molecule has 1 aromatic heterocycles. The number of thiazole rings is 1. The van der Waals surface area contributed by atoms with Crippen molar-refractivity contribution < 1.29 is 9.47 Å². The SMILES string of the molecule is COc1ccc(Cc2ncc(C(C)(C)N)s2)cc1OC. The second-order valence-corrected chi connectivity index (χ2v) is 6.32. The van der Waals surface area contributed by atoms with E-state index in [-0.39, 0.29) is 5.54 Å². The first-order chi connectivity index (χ1) is 9.44. The van der Waals surface area contributed by atoms with Gasteiger partial charge in [0.2, 0.25) is 0 Å². The quantitative estimate of drug-likeness (QED) is 0.920. The lowest BCUT2D eigenvalue weighted by atomic mass is 10.1. The summed E-state index contributed by atoms with van der Waals surface area (Å²) < 4.78 is 10.5. The fourth-order valence-electron chi connectivity index (χ4n) is 1.86. The number of ether oxygens (including phenoxy) is 2. The van der Waals surface area contributed by atoms with Gasteiger partial charge in [-0.3, -0.25) is 0 Å². The third-order valence-corrected chi connectivity index (χ3v) is 4.33. The maximum atomic E-state index is 6.08. The summed E-state index contributed by atoms with van der Waals surface area (Å²) in [6.45, 7) is 3.97. The molecule has 1 aromatic carbocycles. The van der Waals surface area contributed by atoms with Crippen LogP contribution >= 0.6 is 11.3 Å². The molecule has 4 nitrogen and oxygen atoms in total. The summed E-state index contributed by atoms with van der Waals surface area (Å²) in [7, 11) is 3.27. The van der Waals surface area contributed by atoms with Gasteiger partial charge in [-0.25, -0.2) is 4.98 Å². The van der Waals surface area contributed by atoms with Gasteiger partial charge in [-0.05, 0) is 31.5 Å². The third kappa shape index (κ3) is 3.29. The van der Waals surface area contributed by atoms with E-state index >= 15 is 0 Å². The van der Waals surface area contributed by atoms with Gasteiger partial charge in [0.25, 0.3) is 0 Å². The highest BCUT2D eigenvalue weighted by Crippen LogP contribution is 2.30. The zero-order valence-electron chi connectivity index (χ0n) is 12.3. The van der Waals surface area contributed by atoms with E-state index in [0.717, 1.165) is 33.4 Å². The van der Waals surface area contributed by atoms with Crippen LogP contribution in [-0.2, 0) is 12.0 Å². The number of nitrogens with zero attached hydrogens (tertiary/aromatic N) is 1. The highest BCUT2D eigenvalue weighted by molar-refractivity contribution is 7.11. The van der Waals surface area contributed by atoms with Crippen molar-refractivity contribution in [3.63, 3.8) is 0 Å². The summed E-state index contributed by atoms with van der Waals surface area (Å²) in [6.07, 6.45) is 2.63. The van der Waals surface area contributed by atoms with Crippen molar-refractivity contribution in [3.05, 3.63) is 39.8 Å². The normalized spacial score (nSPS) is 11.4. The molecule has 2 aromatic rings. The molecule has 2 rings (SSSR count). The largest absolute Gasteiger partial charge is 0.493 e. The molecular formula is C15H20N2O2S. The van der Waals surface area contributed by atoms with Gasteiger partial charge in [-0.2, -0.15) is 0 Å². The number of nitrogens with two attached hydrogens (primary N) is 1. The summed E-state index contributed by atoms with van der Waals surface area (Å²) in [5.41, 5.74) is 6.88. The standard InChI is InChI=1S/C15H20N2O2S/c1-15(2,16)13-9-17-14(20-13)8-10-5-6-11(18-3)12(7-10)19-4/h5-7,9H,8,16H2,1-4H3. The number of methoxy groups -OCH3 is 2. The number of aromatic nitrogens is 1. The minimum Gasteiger partial charge on any atom is -0.493 e. The van der Waals surface area contributed by atoms with Crippen molar-refractivity contribution in [1.82, 2.24) is 4.98 Å². The Balaban J connectivity index is 2.20. The lowest BCUT2D eigenvalue weighted by Crippen LogP contribution is -2.27. The van der Waals surface area contributed by atoms with Gasteiger partial charge in [-0.15, -0.1) is 11.3 Å². The lowest BCUT2D eigenvalue weighted by Gasteiger charge is -2.14. The number of rotatable bonds is 5. The molecule has 0 saturated carbocycles. The molecule has 0 atom stereocenters. The van der Waals surface area contributed by atoms with Gasteiger partial charge in [0, 0.05) is 23.0 Å². The molecule has 5 heteroatoms. The molecule has 0 amide bonds. The zero-order chi connectivity index (χ0) is 14.8. The van der Waals surface area contributed by atoms with Crippen molar-refractivity contribution in [3.8, 4) is 11.5 Å². The van der Waals surface area contributed by atoms with Crippen LogP contribution in [0.15, 0.2) is 24.4 Å². The van der Waals surface area contributed by atoms with Crippen LogP contribution in [0.2, 0.25) is 0 Å². The molecule has 0 fully saturated rings. The molecule has 0 bridgehead atoms. The van der Waals surface area contributed by atoms with Crippen LogP contribution < -0.4 is 15.2 Å². The van der Waals surface area contributed by atoms with Gasteiger partial charge >= 0.3 is 0 Å². The van der Waals surface area contributed by atoms with Crippen LogP contribution in [0.4, 0.5) is 0 Å². The van der Waals surface area contributed by atoms with E-state index in [1.165, 1.54) is 0 Å². The average Bonchev–Trinajstić information content (AvgIpc) is 2.87. The van der Waals surface area contributed by atoms with Gasteiger partial charge in [-0.1, -0.05) is 6.07 Å². The van der Waals surface area contributed by atoms with Gasteiger partial charge in [0.15, 0.2) is 11.5 Å². The highest BCUT2D eigenvalue weighted by Gasteiger charge is 2.17. The van der Waals surface area contributed by atoms with E-state index in [1.807, 2.05) is 38.2 Å². The first kappa shape index (κ1) is 14.8. The molecule has 0 saturated heterocycles. The van der Waals surface area contributed by atoms with Gasteiger partial charge in [0.1, 0.15) is 0 Å². The topological polar surface area (TPSA) is 57.4 Å². The van der Waals surface area contributed by atoms with E-state index < -0.39 is 0 Å². The van der Waals surface area contributed by atoms with Crippen LogP contribution in [0, 0.1) is 0 Å². The summed E-state index contributed by atoms with van der Waals surface area (Å²) >= 11 is 1.65. The van der Waals surface area contributed by atoms with Crippen LogP contribution in [-0.4, -0.2) is 19.2 Å². The first-order valence-electron chi connectivity index (χ1n) is 6.39.